The lowest BCUT2D eigenvalue weighted by molar-refractivity contribution is 0.319. The van der Waals surface area contributed by atoms with Crippen LogP contribution in [0.1, 0.15) is 24.1 Å². The summed E-state index contributed by atoms with van der Waals surface area (Å²) >= 11 is 0. The predicted octanol–water partition coefficient (Wildman–Crippen LogP) is 2.30. The third kappa shape index (κ3) is 1.38. The number of fused-ring (bicyclic) bond motifs is 3. The van der Waals surface area contributed by atoms with Gasteiger partial charge in [0, 0.05) is 18.8 Å². The molecule has 0 spiro atoms. The Labute approximate surface area is 96.1 Å². The lowest BCUT2D eigenvalue weighted by Gasteiger charge is -2.26. The van der Waals surface area contributed by atoms with Crippen molar-refractivity contribution in [3.63, 3.8) is 0 Å². The largest absolute Gasteiger partial charge is 0.365 e. The van der Waals surface area contributed by atoms with Crippen molar-refractivity contribution in [1.29, 1.82) is 0 Å². The molecule has 3 rings (SSSR count). The van der Waals surface area contributed by atoms with Gasteiger partial charge in [-0.1, -0.05) is 24.3 Å². The lowest BCUT2D eigenvalue weighted by Crippen LogP contribution is -2.32. The minimum Gasteiger partial charge on any atom is -0.365 e. The Morgan fingerprint density at radius 2 is 2.19 bits per heavy atom. The molecule has 2 atom stereocenters. The molecule has 1 aromatic rings. The molecule has 0 aromatic heterocycles. The van der Waals surface area contributed by atoms with E-state index in [0.717, 1.165) is 6.54 Å². The summed E-state index contributed by atoms with van der Waals surface area (Å²) in [5, 5.41) is 0. The van der Waals surface area contributed by atoms with Crippen molar-refractivity contribution >= 4 is 6.08 Å². The van der Waals surface area contributed by atoms with E-state index in [1.807, 2.05) is 0 Å². The van der Waals surface area contributed by atoms with Crippen molar-refractivity contribution in [3.05, 3.63) is 53.2 Å². The van der Waals surface area contributed by atoms with E-state index in [9.17, 15) is 0 Å². The van der Waals surface area contributed by atoms with Crippen LogP contribution in [0.5, 0.6) is 0 Å². The highest BCUT2D eigenvalue weighted by molar-refractivity contribution is 5.70. The van der Waals surface area contributed by atoms with E-state index in [4.69, 9.17) is 5.73 Å². The zero-order chi connectivity index (χ0) is 11.1. The summed E-state index contributed by atoms with van der Waals surface area (Å²) in [5.74, 6) is 0. The van der Waals surface area contributed by atoms with Crippen LogP contribution in [0.25, 0.3) is 6.08 Å². The third-order valence-electron chi connectivity index (χ3n) is 3.22. The Morgan fingerprint density at radius 1 is 1.38 bits per heavy atom. The summed E-state index contributed by atoms with van der Waals surface area (Å²) in [6.45, 7) is 2.96. The SMILES string of the molecule is CC(N)CN1C=CC2=Cc3ccccc3C21. The minimum absolute atomic E-state index is 0.205. The molecular formula is C14H16N2. The molecule has 2 unspecified atom stereocenters. The van der Waals surface area contributed by atoms with Gasteiger partial charge >= 0.3 is 0 Å². The van der Waals surface area contributed by atoms with Gasteiger partial charge in [0.25, 0.3) is 0 Å². The maximum Gasteiger partial charge on any atom is 0.0797 e. The second kappa shape index (κ2) is 3.49. The first kappa shape index (κ1) is 9.67. The molecule has 0 fully saturated rings. The summed E-state index contributed by atoms with van der Waals surface area (Å²) in [6, 6.07) is 9.21. The number of benzene rings is 1. The van der Waals surface area contributed by atoms with Gasteiger partial charge in [-0.05, 0) is 35.8 Å². The second-order valence-corrected chi connectivity index (χ2v) is 4.67. The van der Waals surface area contributed by atoms with Gasteiger partial charge < -0.3 is 10.6 Å². The molecule has 0 amide bonds. The van der Waals surface area contributed by atoms with Crippen molar-refractivity contribution in [3.8, 4) is 0 Å². The van der Waals surface area contributed by atoms with Crippen LogP contribution >= 0.6 is 0 Å². The van der Waals surface area contributed by atoms with E-state index in [0.29, 0.717) is 6.04 Å². The Bertz CT molecular complexity index is 471. The first-order chi connectivity index (χ1) is 7.75. The maximum atomic E-state index is 5.88. The molecule has 2 N–H and O–H groups in total. The fourth-order valence-electron chi connectivity index (χ4n) is 2.61. The summed E-state index contributed by atoms with van der Waals surface area (Å²) in [5.41, 5.74) is 10.0. The third-order valence-corrected chi connectivity index (χ3v) is 3.22. The van der Waals surface area contributed by atoms with Crippen LogP contribution in [-0.4, -0.2) is 17.5 Å². The molecule has 1 aliphatic heterocycles. The van der Waals surface area contributed by atoms with Gasteiger partial charge in [-0.3, -0.25) is 0 Å². The standard InChI is InChI=1S/C14H16N2/c1-10(15)9-16-7-6-12-8-11-4-2-3-5-13(11)14(12)16/h2-8,10,14H,9,15H2,1H3. The normalized spacial score (nSPS) is 23.0. The molecule has 16 heavy (non-hydrogen) atoms. The van der Waals surface area contributed by atoms with Crippen LogP contribution in [-0.2, 0) is 0 Å². The molecule has 82 valence electrons. The molecular weight excluding hydrogens is 196 g/mol. The van der Waals surface area contributed by atoms with Crippen molar-refractivity contribution in [1.82, 2.24) is 4.90 Å². The van der Waals surface area contributed by atoms with Crippen molar-refractivity contribution < 1.29 is 0 Å². The summed E-state index contributed by atoms with van der Waals surface area (Å²) in [6.07, 6.45) is 6.64. The monoisotopic (exact) mass is 212 g/mol. The second-order valence-electron chi connectivity index (χ2n) is 4.67. The summed E-state index contributed by atoms with van der Waals surface area (Å²) in [4.78, 5) is 2.34. The highest BCUT2D eigenvalue weighted by atomic mass is 15.2. The molecule has 0 saturated heterocycles. The average molecular weight is 212 g/mol. The van der Waals surface area contributed by atoms with E-state index in [1.165, 1.54) is 16.7 Å². The van der Waals surface area contributed by atoms with Gasteiger partial charge in [-0.2, -0.15) is 0 Å². The van der Waals surface area contributed by atoms with Gasteiger partial charge in [-0.25, -0.2) is 0 Å². The Balaban J connectivity index is 1.96. The van der Waals surface area contributed by atoms with Crippen LogP contribution in [0.2, 0.25) is 0 Å². The highest BCUT2D eigenvalue weighted by Crippen LogP contribution is 2.42. The van der Waals surface area contributed by atoms with Crippen LogP contribution in [0.15, 0.2) is 42.1 Å². The first-order valence-corrected chi connectivity index (χ1v) is 5.76. The number of hydrogen-bond acceptors (Lipinski definition) is 2. The predicted molar refractivity (Wildman–Crippen MR) is 66.7 cm³/mol. The fourth-order valence-corrected chi connectivity index (χ4v) is 2.61. The summed E-state index contributed by atoms with van der Waals surface area (Å²) in [7, 11) is 0. The number of nitrogens with two attached hydrogens (primary N) is 1. The minimum atomic E-state index is 0.205. The van der Waals surface area contributed by atoms with Crippen molar-refractivity contribution in [2.75, 3.05) is 6.54 Å². The number of rotatable bonds is 2. The molecule has 0 saturated carbocycles. The van der Waals surface area contributed by atoms with Crippen LogP contribution in [0, 0.1) is 0 Å². The van der Waals surface area contributed by atoms with E-state index < -0.39 is 0 Å². The van der Waals surface area contributed by atoms with E-state index in [-0.39, 0.29) is 6.04 Å². The first-order valence-electron chi connectivity index (χ1n) is 5.76. The number of nitrogens with zero attached hydrogens (tertiary/aromatic N) is 1. The van der Waals surface area contributed by atoms with Crippen LogP contribution < -0.4 is 5.73 Å². The molecule has 2 heteroatoms. The molecule has 1 aliphatic carbocycles. The van der Waals surface area contributed by atoms with Gasteiger partial charge in [0.2, 0.25) is 0 Å². The van der Waals surface area contributed by atoms with Gasteiger partial charge in [0.15, 0.2) is 0 Å². The van der Waals surface area contributed by atoms with E-state index in [1.54, 1.807) is 0 Å². The van der Waals surface area contributed by atoms with Gasteiger partial charge in [0.05, 0.1) is 6.04 Å². The van der Waals surface area contributed by atoms with E-state index in [2.05, 4.69) is 54.4 Å². The topological polar surface area (TPSA) is 29.3 Å². The van der Waals surface area contributed by atoms with Crippen molar-refractivity contribution in [2.24, 2.45) is 5.73 Å². The zero-order valence-electron chi connectivity index (χ0n) is 9.43. The zero-order valence-corrected chi connectivity index (χ0v) is 9.43. The molecule has 1 heterocycles. The fraction of sp³-hybridized carbons (Fsp3) is 0.286. The van der Waals surface area contributed by atoms with Crippen LogP contribution in [0.4, 0.5) is 0 Å². The summed E-state index contributed by atoms with van der Waals surface area (Å²) < 4.78 is 0. The molecule has 0 radical (unpaired) electrons. The molecule has 2 nitrogen and oxygen atoms in total. The molecule has 2 aliphatic rings. The van der Waals surface area contributed by atoms with Crippen LogP contribution in [0.3, 0.4) is 0 Å². The molecule has 1 aromatic carbocycles. The van der Waals surface area contributed by atoms with Gasteiger partial charge in [0.1, 0.15) is 0 Å². The van der Waals surface area contributed by atoms with Gasteiger partial charge in [-0.15, -0.1) is 0 Å². The van der Waals surface area contributed by atoms with E-state index >= 15 is 0 Å². The lowest BCUT2D eigenvalue weighted by atomic mass is 10.0. The smallest absolute Gasteiger partial charge is 0.0797 e. The Hall–Kier alpha value is -1.54. The Morgan fingerprint density at radius 3 is 3.00 bits per heavy atom. The maximum absolute atomic E-state index is 5.88. The van der Waals surface area contributed by atoms with Crippen molar-refractivity contribution in [2.45, 2.75) is 19.0 Å². The highest BCUT2D eigenvalue weighted by Gasteiger charge is 2.31. The quantitative estimate of drug-likeness (QED) is 0.815. The number of hydrogen-bond donors (Lipinski definition) is 1. The molecule has 0 bridgehead atoms. The average Bonchev–Trinajstić information content (AvgIpc) is 2.77. The Kier molecular flexibility index (Phi) is 2.11.